The van der Waals surface area contributed by atoms with Crippen LogP contribution < -0.4 is 0 Å². The van der Waals surface area contributed by atoms with Gasteiger partial charge in [0.15, 0.2) is 0 Å². The number of hydrogen-bond donors (Lipinski definition) is 0. The van der Waals surface area contributed by atoms with Crippen LogP contribution in [0.4, 0.5) is 0 Å². The summed E-state index contributed by atoms with van der Waals surface area (Å²) in [4.78, 5) is 19.3. The number of benzene rings is 1. The molecule has 0 N–H and O–H groups in total. The molecule has 4 heteroatoms. The normalized spacial score (nSPS) is 16.5. The second-order valence-corrected chi connectivity index (χ2v) is 6.51. The molecule has 4 nitrogen and oxygen atoms in total. The Hall–Kier alpha value is -2.88. The molecule has 1 aliphatic heterocycles. The molecule has 0 saturated heterocycles. The van der Waals surface area contributed by atoms with Crippen LogP contribution in [-0.4, -0.2) is 26.9 Å². The van der Waals surface area contributed by atoms with Gasteiger partial charge in [0, 0.05) is 37.4 Å². The molecule has 0 bridgehead atoms. The lowest BCUT2D eigenvalue weighted by molar-refractivity contribution is -0.133. The first kappa shape index (κ1) is 15.6. The summed E-state index contributed by atoms with van der Waals surface area (Å²) in [6.45, 7) is 3.57. The monoisotopic (exact) mass is 331 g/mol. The van der Waals surface area contributed by atoms with Gasteiger partial charge in [-0.3, -0.25) is 9.78 Å². The van der Waals surface area contributed by atoms with Crippen molar-refractivity contribution >= 4 is 5.91 Å². The Bertz CT molecular complexity index is 885. The zero-order valence-corrected chi connectivity index (χ0v) is 14.3. The van der Waals surface area contributed by atoms with Gasteiger partial charge in [-0.25, -0.2) is 0 Å². The Kier molecular flexibility index (Phi) is 4.10. The molecule has 1 aromatic carbocycles. The zero-order valence-electron chi connectivity index (χ0n) is 14.3. The highest BCUT2D eigenvalue weighted by molar-refractivity contribution is 5.80. The third kappa shape index (κ3) is 2.95. The van der Waals surface area contributed by atoms with Crippen molar-refractivity contribution in [2.45, 2.75) is 25.9 Å². The molecule has 1 aliphatic rings. The van der Waals surface area contributed by atoms with Crippen molar-refractivity contribution in [1.82, 2.24) is 14.5 Å². The van der Waals surface area contributed by atoms with E-state index in [4.69, 9.17) is 0 Å². The average Bonchev–Trinajstić information content (AvgIpc) is 3.12. The topological polar surface area (TPSA) is 38.1 Å². The molecule has 3 aromatic rings. The summed E-state index contributed by atoms with van der Waals surface area (Å²) in [7, 11) is 0. The molecule has 0 radical (unpaired) electrons. The third-order valence-electron chi connectivity index (χ3n) is 4.95. The quantitative estimate of drug-likeness (QED) is 0.738. The highest BCUT2D eigenvalue weighted by Crippen LogP contribution is 2.32. The number of carbonyl (C=O) groups excluding carboxylic acids is 1. The molecule has 0 spiro atoms. The van der Waals surface area contributed by atoms with Gasteiger partial charge in [0.1, 0.15) is 0 Å². The number of hydrogen-bond acceptors (Lipinski definition) is 2. The molecule has 126 valence electrons. The number of pyridine rings is 1. The first-order chi connectivity index (χ1) is 12.2. The maximum absolute atomic E-state index is 13.1. The lowest BCUT2D eigenvalue weighted by atomic mass is 9.98. The minimum atomic E-state index is -0.0282. The molecule has 0 unspecified atom stereocenters. The smallest absolute Gasteiger partial charge is 0.227 e. The molecular formula is C21H21N3O. The summed E-state index contributed by atoms with van der Waals surface area (Å²) < 4.78 is 2.25. The molecule has 25 heavy (non-hydrogen) atoms. The fraction of sp³-hybridized carbons (Fsp3) is 0.238. The largest absolute Gasteiger partial charge is 0.348 e. The fourth-order valence-electron chi connectivity index (χ4n) is 3.60. The average molecular weight is 331 g/mol. The predicted octanol–water partition coefficient (Wildman–Crippen LogP) is 3.37. The zero-order chi connectivity index (χ0) is 17.2. The van der Waals surface area contributed by atoms with E-state index < -0.39 is 0 Å². The standard InChI is InChI=1S/C21H21N3O/c1-16-15-22-10-9-18(16)14-20(25)24-13-12-23-11-5-8-19(23)21(24)17-6-3-2-4-7-17/h2-11,15,21H,12-14H2,1H3/t21-/m0/s1. The van der Waals surface area contributed by atoms with Crippen LogP contribution in [0.1, 0.15) is 28.4 Å². The van der Waals surface area contributed by atoms with E-state index in [9.17, 15) is 4.79 Å². The SMILES string of the molecule is Cc1cnccc1CC(=O)N1CCn2cccc2[C@@H]1c1ccccc1. The summed E-state index contributed by atoms with van der Waals surface area (Å²) in [6.07, 6.45) is 6.09. The summed E-state index contributed by atoms with van der Waals surface area (Å²) in [5.74, 6) is 0.163. The molecule has 1 amide bonds. The third-order valence-corrected chi connectivity index (χ3v) is 4.95. The highest BCUT2D eigenvalue weighted by Gasteiger charge is 2.31. The van der Waals surface area contributed by atoms with Gasteiger partial charge in [-0.1, -0.05) is 30.3 Å². The van der Waals surface area contributed by atoms with E-state index in [1.54, 1.807) is 6.20 Å². The van der Waals surface area contributed by atoms with Gasteiger partial charge in [-0.15, -0.1) is 0 Å². The van der Waals surface area contributed by atoms with Gasteiger partial charge >= 0.3 is 0 Å². The van der Waals surface area contributed by atoms with Crippen LogP contribution in [0.5, 0.6) is 0 Å². The van der Waals surface area contributed by atoms with E-state index in [1.807, 2.05) is 42.3 Å². The molecular weight excluding hydrogens is 310 g/mol. The number of aryl methyl sites for hydroxylation is 1. The van der Waals surface area contributed by atoms with Gasteiger partial charge in [0.05, 0.1) is 12.5 Å². The van der Waals surface area contributed by atoms with E-state index in [1.165, 1.54) is 5.69 Å². The second-order valence-electron chi connectivity index (χ2n) is 6.51. The Morgan fingerprint density at radius 3 is 2.76 bits per heavy atom. The number of rotatable bonds is 3. The predicted molar refractivity (Wildman–Crippen MR) is 97.1 cm³/mol. The van der Waals surface area contributed by atoms with E-state index in [2.05, 4.69) is 40.0 Å². The molecule has 0 saturated carbocycles. The Labute approximate surface area is 147 Å². The number of aromatic nitrogens is 2. The van der Waals surface area contributed by atoms with Crippen LogP contribution in [0.3, 0.4) is 0 Å². The van der Waals surface area contributed by atoms with Crippen LogP contribution in [0, 0.1) is 6.92 Å². The van der Waals surface area contributed by atoms with Crippen LogP contribution in [0.25, 0.3) is 0 Å². The summed E-state index contributed by atoms with van der Waals surface area (Å²) in [5.41, 5.74) is 4.44. The van der Waals surface area contributed by atoms with E-state index in [0.717, 1.165) is 29.8 Å². The van der Waals surface area contributed by atoms with Crippen molar-refractivity contribution in [2.24, 2.45) is 0 Å². The van der Waals surface area contributed by atoms with Gasteiger partial charge < -0.3 is 9.47 Å². The van der Waals surface area contributed by atoms with Crippen LogP contribution in [0.15, 0.2) is 67.1 Å². The maximum Gasteiger partial charge on any atom is 0.227 e. The van der Waals surface area contributed by atoms with Crippen molar-refractivity contribution in [3.8, 4) is 0 Å². The highest BCUT2D eigenvalue weighted by atomic mass is 16.2. The fourth-order valence-corrected chi connectivity index (χ4v) is 3.60. The summed E-state index contributed by atoms with van der Waals surface area (Å²) >= 11 is 0. The van der Waals surface area contributed by atoms with Crippen LogP contribution >= 0.6 is 0 Å². The van der Waals surface area contributed by atoms with Crippen molar-refractivity contribution < 1.29 is 4.79 Å². The van der Waals surface area contributed by atoms with Crippen LogP contribution in [0.2, 0.25) is 0 Å². The number of fused-ring (bicyclic) bond motifs is 1. The first-order valence-electron chi connectivity index (χ1n) is 8.63. The molecule has 4 rings (SSSR count). The minimum absolute atomic E-state index is 0.0282. The molecule has 2 aromatic heterocycles. The minimum Gasteiger partial charge on any atom is -0.348 e. The van der Waals surface area contributed by atoms with Crippen molar-refractivity contribution in [1.29, 1.82) is 0 Å². The summed E-state index contributed by atoms with van der Waals surface area (Å²) in [5, 5.41) is 0. The van der Waals surface area contributed by atoms with Crippen LogP contribution in [-0.2, 0) is 17.8 Å². The Balaban J connectivity index is 1.68. The van der Waals surface area contributed by atoms with Gasteiger partial charge in [0.25, 0.3) is 0 Å². The van der Waals surface area contributed by atoms with Gasteiger partial charge in [0.2, 0.25) is 5.91 Å². The van der Waals surface area contributed by atoms with E-state index in [-0.39, 0.29) is 11.9 Å². The van der Waals surface area contributed by atoms with Gasteiger partial charge in [-0.2, -0.15) is 0 Å². The first-order valence-corrected chi connectivity index (χ1v) is 8.63. The lowest BCUT2D eigenvalue weighted by Crippen LogP contribution is -2.43. The molecule has 0 fully saturated rings. The number of carbonyl (C=O) groups is 1. The Morgan fingerprint density at radius 2 is 1.96 bits per heavy atom. The lowest BCUT2D eigenvalue weighted by Gasteiger charge is -2.37. The van der Waals surface area contributed by atoms with E-state index >= 15 is 0 Å². The van der Waals surface area contributed by atoms with Gasteiger partial charge in [-0.05, 0) is 41.8 Å². The maximum atomic E-state index is 13.1. The Morgan fingerprint density at radius 1 is 1.12 bits per heavy atom. The van der Waals surface area contributed by atoms with Crippen molar-refractivity contribution in [3.63, 3.8) is 0 Å². The summed E-state index contributed by atoms with van der Waals surface area (Å²) in [6, 6.07) is 16.4. The van der Waals surface area contributed by atoms with Crippen molar-refractivity contribution in [3.05, 3.63) is 89.5 Å². The number of amides is 1. The van der Waals surface area contributed by atoms with E-state index in [0.29, 0.717) is 6.42 Å². The second kappa shape index (κ2) is 6.55. The molecule has 1 atom stereocenters. The number of nitrogens with zero attached hydrogens (tertiary/aromatic N) is 3. The molecule has 3 heterocycles. The van der Waals surface area contributed by atoms with Crippen molar-refractivity contribution in [2.75, 3.05) is 6.54 Å². The molecule has 0 aliphatic carbocycles.